The van der Waals surface area contributed by atoms with Crippen LogP contribution in [0.4, 0.5) is 0 Å². The average molecular weight is 665 g/mol. The number of benzene rings is 9. The summed E-state index contributed by atoms with van der Waals surface area (Å²) in [6.07, 6.45) is 0.861. The second kappa shape index (κ2) is 11.1. The van der Waals surface area contributed by atoms with E-state index in [2.05, 4.69) is 175 Å². The molecular formula is C49H32N2O. The van der Waals surface area contributed by atoms with Crippen LogP contribution in [0.3, 0.4) is 0 Å². The molecule has 0 amide bonds. The van der Waals surface area contributed by atoms with E-state index < -0.39 is 0 Å². The fourth-order valence-corrected chi connectivity index (χ4v) is 8.69. The Bertz CT molecular complexity index is 3160. The number of para-hydroxylation sites is 2. The van der Waals surface area contributed by atoms with Crippen molar-refractivity contribution in [1.82, 2.24) is 9.55 Å². The lowest BCUT2D eigenvalue weighted by Gasteiger charge is -2.18. The van der Waals surface area contributed by atoms with Gasteiger partial charge in [-0.3, -0.25) is 4.57 Å². The quantitative estimate of drug-likeness (QED) is 0.138. The van der Waals surface area contributed by atoms with E-state index in [4.69, 9.17) is 9.40 Å². The molecular weight excluding hydrogens is 633 g/mol. The molecule has 0 atom stereocenters. The molecule has 52 heavy (non-hydrogen) atoms. The minimum Gasteiger partial charge on any atom is -0.455 e. The van der Waals surface area contributed by atoms with Gasteiger partial charge in [-0.1, -0.05) is 134 Å². The summed E-state index contributed by atoms with van der Waals surface area (Å²) < 4.78 is 9.12. The predicted octanol–water partition coefficient (Wildman–Crippen LogP) is 13.4. The van der Waals surface area contributed by atoms with E-state index in [0.29, 0.717) is 0 Å². The summed E-state index contributed by atoms with van der Waals surface area (Å²) in [6.45, 7) is 2.17. The van der Waals surface area contributed by atoms with Crippen molar-refractivity contribution >= 4 is 76.1 Å². The molecule has 9 aromatic carbocycles. The number of nitrogens with zero attached hydrogens (tertiary/aromatic N) is 2. The molecule has 0 aliphatic rings. The molecule has 0 aliphatic heterocycles. The van der Waals surface area contributed by atoms with Gasteiger partial charge in [-0.15, -0.1) is 0 Å². The summed E-state index contributed by atoms with van der Waals surface area (Å²) in [5, 5.41) is 12.1. The number of fused-ring (bicyclic) bond motifs is 11. The SMILES string of the molecule is CCc1nc2ccccc2n1-c1ccc(-c2c3ccccc3c(-c3ccc4c(c3)oc3c5ccccc5c5ccccc5c43)c3ccccc23)cc1. The number of furan rings is 1. The summed E-state index contributed by atoms with van der Waals surface area (Å²) in [7, 11) is 0. The van der Waals surface area contributed by atoms with Gasteiger partial charge in [0.2, 0.25) is 0 Å². The molecule has 0 saturated heterocycles. The largest absolute Gasteiger partial charge is 0.455 e. The van der Waals surface area contributed by atoms with Crippen molar-refractivity contribution < 1.29 is 4.42 Å². The fraction of sp³-hybridized carbons (Fsp3) is 0.0408. The second-order valence-electron chi connectivity index (χ2n) is 13.7. The lowest BCUT2D eigenvalue weighted by Crippen LogP contribution is -2.00. The van der Waals surface area contributed by atoms with E-state index in [9.17, 15) is 0 Å². The first-order valence-electron chi connectivity index (χ1n) is 18.0. The maximum absolute atomic E-state index is 6.83. The Morgan fingerprint density at radius 3 is 1.65 bits per heavy atom. The third-order valence-electron chi connectivity index (χ3n) is 10.9. The van der Waals surface area contributed by atoms with E-state index in [-0.39, 0.29) is 0 Å². The number of aromatic nitrogens is 2. The highest BCUT2D eigenvalue weighted by molar-refractivity contribution is 6.30. The maximum atomic E-state index is 6.83. The summed E-state index contributed by atoms with van der Waals surface area (Å²) in [4.78, 5) is 4.92. The minimum atomic E-state index is 0.861. The molecule has 0 spiro atoms. The number of hydrogen-bond acceptors (Lipinski definition) is 2. The van der Waals surface area contributed by atoms with Gasteiger partial charge in [0.05, 0.1) is 11.0 Å². The van der Waals surface area contributed by atoms with Crippen LogP contribution < -0.4 is 0 Å². The standard InChI is InChI=1S/C49H32N2O/c1-2-45-50-42-21-11-12-22-43(42)51(45)32-26-23-30(24-27-32)46-36-16-6-8-18-38(36)47(39-19-9-7-17-37(39)46)31-25-28-41-44(29-31)52-49-40-20-10-4-14-34(40)33-13-3-5-15-35(33)48(41)49/h3-29H,2H2,1H3. The average Bonchev–Trinajstić information content (AvgIpc) is 3.79. The zero-order valence-electron chi connectivity index (χ0n) is 28.6. The van der Waals surface area contributed by atoms with Gasteiger partial charge in [0.1, 0.15) is 17.0 Å². The normalized spacial score (nSPS) is 12.0. The van der Waals surface area contributed by atoms with E-state index in [1.807, 2.05) is 0 Å². The van der Waals surface area contributed by atoms with Gasteiger partial charge in [0.25, 0.3) is 0 Å². The lowest BCUT2D eigenvalue weighted by molar-refractivity contribution is 0.673. The topological polar surface area (TPSA) is 31.0 Å². The fourth-order valence-electron chi connectivity index (χ4n) is 8.69. The molecule has 3 nitrogen and oxygen atoms in total. The Labute approximate surface area is 300 Å². The smallest absolute Gasteiger partial charge is 0.143 e. The van der Waals surface area contributed by atoms with E-state index in [0.717, 1.165) is 56.5 Å². The van der Waals surface area contributed by atoms with E-state index in [1.54, 1.807) is 0 Å². The Morgan fingerprint density at radius 1 is 0.481 bits per heavy atom. The third-order valence-corrected chi connectivity index (χ3v) is 10.9. The molecule has 11 aromatic rings. The number of rotatable bonds is 4. The first kappa shape index (κ1) is 29.1. The van der Waals surface area contributed by atoms with Gasteiger partial charge in [-0.2, -0.15) is 0 Å². The monoisotopic (exact) mass is 664 g/mol. The van der Waals surface area contributed by atoms with Gasteiger partial charge in [0, 0.05) is 28.3 Å². The van der Waals surface area contributed by atoms with Crippen LogP contribution in [-0.4, -0.2) is 9.55 Å². The van der Waals surface area contributed by atoms with Crippen molar-refractivity contribution in [2.24, 2.45) is 0 Å². The van der Waals surface area contributed by atoms with E-state index >= 15 is 0 Å². The van der Waals surface area contributed by atoms with Crippen molar-refractivity contribution in [3.8, 4) is 27.9 Å². The summed E-state index contributed by atoms with van der Waals surface area (Å²) in [5.41, 5.74) is 9.94. The van der Waals surface area contributed by atoms with Crippen LogP contribution in [0.1, 0.15) is 12.7 Å². The van der Waals surface area contributed by atoms with Crippen molar-refractivity contribution in [1.29, 1.82) is 0 Å². The highest BCUT2D eigenvalue weighted by Crippen LogP contribution is 2.46. The molecule has 0 N–H and O–H groups in total. The van der Waals surface area contributed by atoms with Crippen molar-refractivity contribution in [3.05, 3.63) is 170 Å². The number of imidazole rings is 1. The highest BCUT2D eigenvalue weighted by atomic mass is 16.3. The minimum absolute atomic E-state index is 0.861. The first-order valence-corrected chi connectivity index (χ1v) is 18.0. The molecule has 11 rings (SSSR count). The van der Waals surface area contributed by atoms with Gasteiger partial charge < -0.3 is 4.42 Å². The van der Waals surface area contributed by atoms with Crippen LogP contribution >= 0.6 is 0 Å². The predicted molar refractivity (Wildman–Crippen MR) is 219 cm³/mol. The Balaban J connectivity index is 1.13. The number of hydrogen-bond donors (Lipinski definition) is 0. The van der Waals surface area contributed by atoms with Gasteiger partial charge in [-0.25, -0.2) is 4.98 Å². The Kier molecular flexibility index (Phi) is 6.23. The summed E-state index contributed by atoms with van der Waals surface area (Å²) >= 11 is 0. The van der Waals surface area contributed by atoms with Crippen LogP contribution in [0, 0.1) is 0 Å². The summed E-state index contributed by atoms with van der Waals surface area (Å²) in [5.74, 6) is 1.07. The molecule has 0 bridgehead atoms. The molecule has 0 aliphatic carbocycles. The molecule has 2 heterocycles. The van der Waals surface area contributed by atoms with Crippen LogP contribution in [0.15, 0.2) is 168 Å². The zero-order valence-corrected chi connectivity index (χ0v) is 28.6. The van der Waals surface area contributed by atoms with Crippen molar-refractivity contribution in [2.45, 2.75) is 13.3 Å². The van der Waals surface area contributed by atoms with Crippen molar-refractivity contribution in [3.63, 3.8) is 0 Å². The van der Waals surface area contributed by atoms with Crippen LogP contribution in [-0.2, 0) is 6.42 Å². The number of aryl methyl sites for hydroxylation is 1. The lowest BCUT2D eigenvalue weighted by atomic mass is 9.86. The van der Waals surface area contributed by atoms with Gasteiger partial charge in [0.15, 0.2) is 0 Å². The highest BCUT2D eigenvalue weighted by Gasteiger charge is 2.20. The summed E-state index contributed by atoms with van der Waals surface area (Å²) in [6, 6.07) is 59.2. The van der Waals surface area contributed by atoms with Crippen molar-refractivity contribution in [2.75, 3.05) is 0 Å². The van der Waals surface area contributed by atoms with Gasteiger partial charge >= 0.3 is 0 Å². The third kappa shape index (κ3) is 4.11. The molecule has 0 fully saturated rings. The Morgan fingerprint density at radius 2 is 1.00 bits per heavy atom. The molecule has 2 aromatic heterocycles. The zero-order chi connectivity index (χ0) is 34.3. The van der Waals surface area contributed by atoms with Crippen LogP contribution in [0.2, 0.25) is 0 Å². The van der Waals surface area contributed by atoms with E-state index in [1.165, 1.54) is 59.8 Å². The molecule has 244 valence electrons. The first-order chi connectivity index (χ1) is 25.8. The Hall–Kier alpha value is -6.71. The van der Waals surface area contributed by atoms with Gasteiger partial charge in [-0.05, 0) is 96.4 Å². The molecule has 0 saturated carbocycles. The molecule has 0 radical (unpaired) electrons. The second-order valence-corrected chi connectivity index (χ2v) is 13.7. The van der Waals surface area contributed by atoms with Crippen LogP contribution in [0.25, 0.3) is 104 Å². The molecule has 3 heteroatoms. The van der Waals surface area contributed by atoms with Crippen LogP contribution in [0.5, 0.6) is 0 Å². The molecule has 0 unspecified atom stereocenters. The maximum Gasteiger partial charge on any atom is 0.143 e.